The van der Waals surface area contributed by atoms with Gasteiger partial charge in [0.05, 0.1) is 24.8 Å². The molecule has 0 unspecified atom stereocenters. The van der Waals surface area contributed by atoms with E-state index in [0.717, 1.165) is 31.4 Å². The summed E-state index contributed by atoms with van der Waals surface area (Å²) < 4.78 is 3.02. The Labute approximate surface area is 192 Å². The fourth-order valence-electron chi connectivity index (χ4n) is 4.43. The number of nitrogen functional groups attached to an aromatic ring is 1. The molecule has 1 aliphatic carbocycles. The Morgan fingerprint density at radius 3 is 2.55 bits per heavy atom. The molecule has 0 aliphatic heterocycles. The van der Waals surface area contributed by atoms with Crippen LogP contribution in [0.25, 0.3) is 0 Å². The summed E-state index contributed by atoms with van der Waals surface area (Å²) in [6, 6.07) is 5.98. The molecule has 0 aromatic carbocycles. The van der Waals surface area contributed by atoms with Gasteiger partial charge in [-0.2, -0.15) is 0 Å². The average Bonchev–Trinajstić information content (AvgIpc) is 3.42. The van der Waals surface area contributed by atoms with E-state index in [9.17, 15) is 14.4 Å². The summed E-state index contributed by atoms with van der Waals surface area (Å²) in [7, 11) is 1.76. The van der Waals surface area contributed by atoms with Gasteiger partial charge in [0.15, 0.2) is 0 Å². The quantitative estimate of drug-likeness (QED) is 0.271. The molecule has 1 atom stereocenters. The van der Waals surface area contributed by atoms with Crippen LogP contribution < -0.4 is 16.4 Å². The number of nitrogens with two attached hydrogens (primary N) is 1. The molecule has 2 heterocycles. The van der Waals surface area contributed by atoms with Crippen molar-refractivity contribution in [2.45, 2.75) is 51.1 Å². The number of amides is 1. The Hall–Kier alpha value is -3.40. The van der Waals surface area contributed by atoms with Crippen LogP contribution in [0.4, 0.5) is 0 Å². The van der Waals surface area contributed by atoms with Crippen LogP contribution >= 0.6 is 0 Å². The molecule has 1 saturated carbocycles. The lowest BCUT2D eigenvalue weighted by molar-refractivity contribution is -0.136. The van der Waals surface area contributed by atoms with Crippen molar-refractivity contribution in [1.29, 1.82) is 5.41 Å². The second-order valence-electron chi connectivity index (χ2n) is 8.53. The molecule has 2 aromatic rings. The first kappa shape index (κ1) is 24.2. The van der Waals surface area contributed by atoms with Crippen molar-refractivity contribution in [3.05, 3.63) is 47.5 Å². The number of nitrogens with one attached hydrogen (secondary N) is 3. The number of carboxylic acids is 1. The molecule has 1 aliphatic rings. The lowest BCUT2D eigenvalue weighted by Gasteiger charge is -2.26. The fourth-order valence-corrected chi connectivity index (χ4v) is 4.43. The zero-order valence-electron chi connectivity index (χ0n) is 18.8. The number of amidine groups is 1. The van der Waals surface area contributed by atoms with Crippen molar-refractivity contribution in [1.82, 2.24) is 19.8 Å². The van der Waals surface area contributed by atoms with Gasteiger partial charge in [0, 0.05) is 18.9 Å². The van der Waals surface area contributed by atoms with E-state index in [1.165, 1.54) is 17.2 Å². The summed E-state index contributed by atoms with van der Waals surface area (Å²) in [6.07, 6.45) is 7.55. The minimum Gasteiger partial charge on any atom is -0.480 e. The molecule has 2 aromatic heterocycles. The number of hydrogen-bond donors (Lipinski definition) is 5. The number of aromatic nitrogens is 2. The van der Waals surface area contributed by atoms with Gasteiger partial charge in [-0.3, -0.25) is 29.7 Å². The maximum atomic E-state index is 13.3. The standard InChI is InChI=1S/C23H32N6O4/c1-28-16(9-10-18(28)21(24)25)13-27-22(32)19-8-5-11-29(19)23(33)17(26-14-20(30)31)12-15-6-3-2-4-7-15/h5,8-11,15,17,26H,2-4,6-7,12-14H2,1H3,(H3,24,25)(H,27,32)(H,30,31)/t17-/m1/s1. The van der Waals surface area contributed by atoms with Gasteiger partial charge in [-0.1, -0.05) is 32.1 Å². The van der Waals surface area contributed by atoms with Crippen LogP contribution in [0.5, 0.6) is 0 Å². The van der Waals surface area contributed by atoms with Crippen molar-refractivity contribution in [2.24, 2.45) is 18.7 Å². The Morgan fingerprint density at radius 1 is 1.18 bits per heavy atom. The maximum Gasteiger partial charge on any atom is 0.317 e. The monoisotopic (exact) mass is 456 g/mol. The molecular formula is C23H32N6O4. The minimum absolute atomic E-state index is 0.0626. The van der Waals surface area contributed by atoms with E-state index in [2.05, 4.69) is 10.6 Å². The average molecular weight is 457 g/mol. The molecule has 33 heavy (non-hydrogen) atoms. The number of nitrogens with zero attached hydrogens (tertiary/aromatic N) is 2. The predicted octanol–water partition coefficient (Wildman–Crippen LogP) is 1.69. The van der Waals surface area contributed by atoms with Crippen LogP contribution in [0, 0.1) is 11.3 Å². The van der Waals surface area contributed by atoms with Crippen molar-refractivity contribution >= 4 is 23.6 Å². The second kappa shape index (κ2) is 11.0. The van der Waals surface area contributed by atoms with Crippen LogP contribution in [0.3, 0.4) is 0 Å². The number of rotatable bonds is 10. The van der Waals surface area contributed by atoms with Gasteiger partial charge in [-0.25, -0.2) is 0 Å². The Morgan fingerprint density at radius 2 is 1.91 bits per heavy atom. The highest BCUT2D eigenvalue weighted by Gasteiger charge is 2.27. The smallest absolute Gasteiger partial charge is 0.317 e. The SMILES string of the molecule is Cn1c(CNC(=O)c2cccn2C(=O)[C@@H](CC2CCCCC2)NCC(=O)O)ccc1C(=N)N. The van der Waals surface area contributed by atoms with Crippen molar-refractivity contribution < 1.29 is 19.5 Å². The van der Waals surface area contributed by atoms with Gasteiger partial charge in [0.2, 0.25) is 5.91 Å². The summed E-state index contributed by atoms with van der Waals surface area (Å²) in [5, 5.41) is 22.3. The van der Waals surface area contributed by atoms with E-state index in [1.54, 1.807) is 35.9 Å². The van der Waals surface area contributed by atoms with Crippen LogP contribution in [0.2, 0.25) is 0 Å². The topological polar surface area (TPSA) is 155 Å². The van der Waals surface area contributed by atoms with Crippen molar-refractivity contribution in [2.75, 3.05) is 6.54 Å². The zero-order valence-corrected chi connectivity index (χ0v) is 18.8. The number of carbonyl (C=O) groups is 3. The molecular weight excluding hydrogens is 424 g/mol. The van der Waals surface area contributed by atoms with Gasteiger partial charge in [0.25, 0.3) is 5.91 Å². The zero-order chi connectivity index (χ0) is 24.0. The third-order valence-electron chi connectivity index (χ3n) is 6.24. The molecule has 0 radical (unpaired) electrons. The predicted molar refractivity (Wildman–Crippen MR) is 123 cm³/mol. The number of carbonyl (C=O) groups excluding carboxylic acids is 2. The Balaban J connectivity index is 1.71. The molecule has 1 fully saturated rings. The summed E-state index contributed by atoms with van der Waals surface area (Å²) in [6.45, 7) is -0.122. The highest BCUT2D eigenvalue weighted by Crippen LogP contribution is 2.28. The Bertz CT molecular complexity index is 1020. The molecule has 1 amide bonds. The van der Waals surface area contributed by atoms with Gasteiger partial charge in [0.1, 0.15) is 11.5 Å². The van der Waals surface area contributed by atoms with Crippen LogP contribution in [-0.4, -0.2) is 50.4 Å². The van der Waals surface area contributed by atoms with Crippen LogP contribution in [0.1, 0.15) is 65.2 Å². The largest absolute Gasteiger partial charge is 0.480 e. The van der Waals surface area contributed by atoms with Crippen molar-refractivity contribution in [3.63, 3.8) is 0 Å². The van der Waals surface area contributed by atoms with E-state index < -0.39 is 17.9 Å². The summed E-state index contributed by atoms with van der Waals surface area (Å²) in [5.74, 6) is -1.50. The van der Waals surface area contributed by atoms with E-state index >= 15 is 0 Å². The first-order valence-corrected chi connectivity index (χ1v) is 11.2. The lowest BCUT2D eigenvalue weighted by Crippen LogP contribution is -2.44. The van der Waals surface area contributed by atoms with Gasteiger partial charge in [-0.15, -0.1) is 0 Å². The van der Waals surface area contributed by atoms with Crippen LogP contribution in [-0.2, 0) is 18.4 Å². The molecule has 6 N–H and O–H groups in total. The summed E-state index contributed by atoms with van der Waals surface area (Å²) in [5.41, 5.74) is 7.04. The number of carboxylic acid groups (broad SMARTS) is 1. The highest BCUT2D eigenvalue weighted by molar-refractivity contribution is 5.98. The third kappa shape index (κ3) is 6.10. The lowest BCUT2D eigenvalue weighted by atomic mass is 9.84. The van der Waals surface area contributed by atoms with Crippen LogP contribution in [0.15, 0.2) is 30.5 Å². The first-order chi connectivity index (χ1) is 15.8. The van der Waals surface area contributed by atoms with Gasteiger partial charge < -0.3 is 20.7 Å². The Kier molecular flexibility index (Phi) is 8.05. The molecule has 3 rings (SSSR count). The summed E-state index contributed by atoms with van der Waals surface area (Å²) in [4.78, 5) is 37.3. The fraction of sp³-hybridized carbons (Fsp3) is 0.478. The van der Waals surface area contributed by atoms with E-state index in [-0.39, 0.29) is 30.5 Å². The molecule has 0 saturated heterocycles. The van der Waals surface area contributed by atoms with Gasteiger partial charge in [-0.05, 0) is 36.6 Å². The first-order valence-electron chi connectivity index (χ1n) is 11.2. The maximum absolute atomic E-state index is 13.3. The van der Waals surface area contributed by atoms with Gasteiger partial charge >= 0.3 is 5.97 Å². The van der Waals surface area contributed by atoms with E-state index in [4.69, 9.17) is 16.2 Å². The normalized spacial score (nSPS) is 15.2. The van der Waals surface area contributed by atoms with E-state index in [0.29, 0.717) is 18.0 Å². The summed E-state index contributed by atoms with van der Waals surface area (Å²) >= 11 is 0. The minimum atomic E-state index is -1.03. The second-order valence-corrected chi connectivity index (χ2v) is 8.53. The molecule has 0 bridgehead atoms. The molecule has 178 valence electrons. The molecule has 10 heteroatoms. The highest BCUT2D eigenvalue weighted by atomic mass is 16.4. The molecule has 10 nitrogen and oxygen atoms in total. The number of aliphatic carboxylic acids is 1. The van der Waals surface area contributed by atoms with E-state index in [1.807, 2.05) is 0 Å². The third-order valence-corrected chi connectivity index (χ3v) is 6.24. The number of hydrogen-bond acceptors (Lipinski definition) is 5. The molecule has 0 spiro atoms. The van der Waals surface area contributed by atoms with Crippen molar-refractivity contribution in [3.8, 4) is 0 Å².